The van der Waals surface area contributed by atoms with Crippen LogP contribution in [0, 0.1) is 0 Å². The molecule has 1 aromatic carbocycles. The number of ether oxygens (including phenoxy) is 1. The zero-order chi connectivity index (χ0) is 19.3. The number of primary amides is 1. The number of fused-ring (bicyclic) bond motifs is 4. The first-order valence-electron chi connectivity index (χ1n) is 10.2. The Kier molecular flexibility index (Phi) is 4.08. The fourth-order valence-electron chi connectivity index (χ4n) is 5.25. The van der Waals surface area contributed by atoms with Crippen molar-refractivity contribution in [2.75, 3.05) is 26.2 Å². The van der Waals surface area contributed by atoms with Crippen molar-refractivity contribution >= 4 is 22.8 Å². The average molecular weight is 382 g/mol. The summed E-state index contributed by atoms with van der Waals surface area (Å²) in [5.74, 6) is 0.0267. The van der Waals surface area contributed by atoms with Crippen LogP contribution in [0.4, 0.5) is 4.79 Å². The molecule has 2 fully saturated rings. The Hall–Kier alpha value is -2.54. The second-order valence-electron chi connectivity index (χ2n) is 8.13. The van der Waals surface area contributed by atoms with Gasteiger partial charge in [0.05, 0.1) is 12.3 Å². The van der Waals surface area contributed by atoms with Crippen molar-refractivity contribution in [1.29, 1.82) is 0 Å². The van der Waals surface area contributed by atoms with Crippen LogP contribution in [0.25, 0.3) is 10.9 Å². The minimum atomic E-state index is -0.498. The van der Waals surface area contributed by atoms with Crippen molar-refractivity contribution in [1.82, 2.24) is 14.8 Å². The van der Waals surface area contributed by atoms with Gasteiger partial charge in [0.15, 0.2) is 0 Å². The zero-order valence-corrected chi connectivity index (χ0v) is 15.9. The minimum Gasteiger partial charge on any atom is -0.368 e. The molecule has 3 aliphatic heterocycles. The molecular formula is C21H26N4O3. The Balaban J connectivity index is 1.37. The van der Waals surface area contributed by atoms with E-state index in [1.807, 2.05) is 11.0 Å². The molecule has 7 heteroatoms. The number of aromatic nitrogens is 1. The molecule has 5 rings (SSSR count). The smallest absolute Gasteiger partial charge is 0.315 e. The summed E-state index contributed by atoms with van der Waals surface area (Å²) in [7, 11) is 0. The van der Waals surface area contributed by atoms with E-state index in [2.05, 4.69) is 23.2 Å². The van der Waals surface area contributed by atoms with Crippen LogP contribution in [0.1, 0.15) is 36.9 Å². The summed E-state index contributed by atoms with van der Waals surface area (Å²) in [5, 5.41) is 1.28. The van der Waals surface area contributed by atoms with Gasteiger partial charge in [-0.3, -0.25) is 4.79 Å². The van der Waals surface area contributed by atoms with Gasteiger partial charge >= 0.3 is 6.03 Å². The number of nitrogens with zero attached hydrogens (tertiary/aromatic N) is 2. The molecule has 7 nitrogen and oxygen atoms in total. The number of hydrogen-bond acceptors (Lipinski definition) is 3. The molecule has 1 aromatic heterocycles. The number of piperidine rings is 1. The van der Waals surface area contributed by atoms with E-state index in [0.29, 0.717) is 32.7 Å². The summed E-state index contributed by atoms with van der Waals surface area (Å²) in [6.45, 7) is 2.55. The molecule has 1 atom stereocenters. The maximum Gasteiger partial charge on any atom is 0.315 e. The van der Waals surface area contributed by atoms with E-state index in [-0.39, 0.29) is 11.5 Å². The number of urea groups is 1. The molecule has 3 amide bonds. The second-order valence-corrected chi connectivity index (χ2v) is 8.13. The van der Waals surface area contributed by atoms with Crippen LogP contribution < -0.4 is 5.73 Å². The number of likely N-dealkylation sites (tertiary alicyclic amines) is 2. The quantitative estimate of drug-likeness (QED) is 0.791. The SMILES string of the molecule is NC(=O)N1CCC[C@H]1C(=O)N1CCC2(CC1)OCCc1c2[nH]c2ccccc12. The van der Waals surface area contributed by atoms with E-state index < -0.39 is 12.1 Å². The number of hydrogen-bond donors (Lipinski definition) is 2. The predicted octanol–water partition coefficient (Wildman–Crippen LogP) is 2.10. The number of nitrogens with two attached hydrogens (primary N) is 1. The van der Waals surface area contributed by atoms with Gasteiger partial charge in [0, 0.05) is 30.5 Å². The normalized spacial score (nSPS) is 23.9. The van der Waals surface area contributed by atoms with Crippen LogP contribution in [0.3, 0.4) is 0 Å². The van der Waals surface area contributed by atoms with Crippen molar-refractivity contribution in [3.05, 3.63) is 35.5 Å². The Morgan fingerprint density at radius 2 is 1.96 bits per heavy atom. The largest absolute Gasteiger partial charge is 0.368 e. The number of rotatable bonds is 1. The van der Waals surface area contributed by atoms with Crippen LogP contribution in [0.2, 0.25) is 0 Å². The highest BCUT2D eigenvalue weighted by Crippen LogP contribution is 2.43. The van der Waals surface area contributed by atoms with Gasteiger partial charge in [-0.05, 0) is 43.7 Å². The molecule has 1 spiro atoms. The lowest BCUT2D eigenvalue weighted by atomic mass is 9.83. The molecule has 3 aliphatic rings. The molecule has 3 N–H and O–H groups in total. The Bertz CT molecular complexity index is 929. The minimum absolute atomic E-state index is 0.0267. The van der Waals surface area contributed by atoms with E-state index >= 15 is 0 Å². The molecule has 148 valence electrons. The van der Waals surface area contributed by atoms with Gasteiger partial charge in [-0.25, -0.2) is 4.79 Å². The summed E-state index contributed by atoms with van der Waals surface area (Å²) in [6, 6.07) is 7.50. The van der Waals surface area contributed by atoms with Crippen LogP contribution in [0.15, 0.2) is 24.3 Å². The highest BCUT2D eigenvalue weighted by Gasteiger charge is 2.45. The third-order valence-electron chi connectivity index (χ3n) is 6.70. The van der Waals surface area contributed by atoms with Gasteiger partial charge in [-0.1, -0.05) is 18.2 Å². The number of H-pyrrole nitrogens is 1. The van der Waals surface area contributed by atoms with Crippen molar-refractivity contribution in [3.8, 4) is 0 Å². The first-order valence-corrected chi connectivity index (χ1v) is 10.2. The number of amides is 3. The Labute approximate surface area is 163 Å². The van der Waals surface area contributed by atoms with Crippen LogP contribution >= 0.6 is 0 Å². The van der Waals surface area contributed by atoms with Gasteiger partial charge in [0.1, 0.15) is 11.6 Å². The lowest BCUT2D eigenvalue weighted by Gasteiger charge is -2.44. The maximum atomic E-state index is 13.0. The number of benzene rings is 1. The van der Waals surface area contributed by atoms with E-state index in [1.54, 1.807) is 0 Å². The van der Waals surface area contributed by atoms with Gasteiger partial charge in [-0.2, -0.15) is 0 Å². The summed E-state index contributed by atoms with van der Waals surface area (Å²) in [5.41, 5.74) is 8.80. The van der Waals surface area contributed by atoms with Gasteiger partial charge in [0.25, 0.3) is 0 Å². The van der Waals surface area contributed by atoms with Crippen molar-refractivity contribution in [3.63, 3.8) is 0 Å². The van der Waals surface area contributed by atoms with Crippen molar-refractivity contribution in [2.24, 2.45) is 5.73 Å². The van der Waals surface area contributed by atoms with Gasteiger partial charge in [0.2, 0.25) is 5.91 Å². The van der Waals surface area contributed by atoms with Crippen molar-refractivity contribution in [2.45, 2.75) is 43.7 Å². The molecule has 0 aliphatic carbocycles. The Morgan fingerprint density at radius 3 is 2.75 bits per heavy atom. The average Bonchev–Trinajstić information content (AvgIpc) is 3.34. The standard InChI is InChI=1S/C21H26N4O3/c22-20(27)25-10-3-6-17(25)19(26)24-11-8-21(9-12-24)18-15(7-13-28-21)14-4-1-2-5-16(14)23-18/h1-2,4-5,17,23H,3,6-13H2,(H2,22,27)/t17-/m0/s1. The number of aromatic amines is 1. The van der Waals surface area contributed by atoms with E-state index in [0.717, 1.165) is 31.2 Å². The summed E-state index contributed by atoms with van der Waals surface area (Å²) >= 11 is 0. The van der Waals surface area contributed by atoms with Crippen LogP contribution in [0.5, 0.6) is 0 Å². The summed E-state index contributed by atoms with van der Waals surface area (Å²) in [6.07, 6.45) is 3.98. The van der Waals surface area contributed by atoms with E-state index in [1.165, 1.54) is 21.5 Å². The molecule has 0 saturated carbocycles. The lowest BCUT2D eigenvalue weighted by Crippen LogP contribution is -2.54. The first-order chi connectivity index (χ1) is 13.6. The topological polar surface area (TPSA) is 91.7 Å². The summed E-state index contributed by atoms with van der Waals surface area (Å²) in [4.78, 5) is 31.6. The van der Waals surface area contributed by atoms with Gasteiger partial charge in [-0.15, -0.1) is 0 Å². The highest BCUT2D eigenvalue weighted by molar-refractivity contribution is 5.87. The van der Waals surface area contributed by atoms with Crippen molar-refractivity contribution < 1.29 is 14.3 Å². The monoisotopic (exact) mass is 382 g/mol. The number of carbonyl (C=O) groups excluding carboxylic acids is 2. The molecule has 4 heterocycles. The fraction of sp³-hybridized carbons (Fsp3) is 0.524. The van der Waals surface area contributed by atoms with Crippen LogP contribution in [-0.4, -0.2) is 59.0 Å². The molecule has 2 aromatic rings. The van der Waals surface area contributed by atoms with Gasteiger partial charge < -0.3 is 25.3 Å². The molecule has 2 saturated heterocycles. The van der Waals surface area contributed by atoms with E-state index in [9.17, 15) is 9.59 Å². The predicted molar refractivity (Wildman–Crippen MR) is 105 cm³/mol. The maximum absolute atomic E-state index is 13.0. The first kappa shape index (κ1) is 17.6. The molecule has 0 unspecified atom stereocenters. The molecule has 0 bridgehead atoms. The number of nitrogens with one attached hydrogen (secondary N) is 1. The Morgan fingerprint density at radius 1 is 1.18 bits per heavy atom. The fourth-order valence-corrected chi connectivity index (χ4v) is 5.25. The number of para-hydroxylation sites is 1. The molecule has 28 heavy (non-hydrogen) atoms. The summed E-state index contributed by atoms with van der Waals surface area (Å²) < 4.78 is 6.32. The molecule has 0 radical (unpaired) electrons. The number of carbonyl (C=O) groups is 2. The zero-order valence-electron chi connectivity index (χ0n) is 15.9. The molecular weight excluding hydrogens is 356 g/mol. The third-order valence-corrected chi connectivity index (χ3v) is 6.70. The van der Waals surface area contributed by atoms with Crippen LogP contribution in [-0.2, 0) is 21.6 Å². The second kappa shape index (κ2) is 6.51. The lowest BCUT2D eigenvalue weighted by molar-refractivity contribution is -0.144. The third kappa shape index (κ3) is 2.60. The van der Waals surface area contributed by atoms with E-state index in [4.69, 9.17) is 10.5 Å². The highest BCUT2D eigenvalue weighted by atomic mass is 16.5.